The minimum absolute atomic E-state index is 0.539. The SMILES string of the molecule is CN1[C@@H]2CC[C@H]1CC(CC(C#N)(c1ccccc1)c1ccccc1)C2. The summed E-state index contributed by atoms with van der Waals surface area (Å²) in [6.45, 7) is 0. The number of nitrogens with zero attached hydrogens (tertiary/aromatic N) is 2. The molecule has 1 unspecified atom stereocenters. The van der Waals surface area contributed by atoms with E-state index in [0.717, 1.165) is 17.5 Å². The van der Waals surface area contributed by atoms with E-state index in [1.807, 2.05) is 12.1 Å². The van der Waals surface area contributed by atoms with Gasteiger partial charge in [-0.15, -0.1) is 0 Å². The van der Waals surface area contributed by atoms with E-state index in [1.165, 1.54) is 25.7 Å². The second kappa shape index (κ2) is 6.65. The molecule has 128 valence electrons. The molecule has 2 aliphatic rings. The zero-order chi connectivity index (χ0) is 17.3. The summed E-state index contributed by atoms with van der Waals surface area (Å²) in [5.74, 6) is 0.619. The van der Waals surface area contributed by atoms with E-state index in [2.05, 4.69) is 66.5 Å². The molecule has 2 bridgehead atoms. The van der Waals surface area contributed by atoms with Crippen LogP contribution in [0.3, 0.4) is 0 Å². The van der Waals surface area contributed by atoms with E-state index < -0.39 is 5.41 Å². The van der Waals surface area contributed by atoms with Crippen LogP contribution in [0.15, 0.2) is 60.7 Å². The van der Waals surface area contributed by atoms with Gasteiger partial charge in [-0.1, -0.05) is 60.7 Å². The number of benzene rings is 2. The number of nitriles is 1. The van der Waals surface area contributed by atoms with Crippen LogP contribution in [0.5, 0.6) is 0 Å². The molecule has 0 radical (unpaired) electrons. The Bertz CT molecular complexity index is 693. The molecule has 2 saturated heterocycles. The zero-order valence-corrected chi connectivity index (χ0v) is 14.9. The molecule has 2 aromatic rings. The normalized spacial score (nSPS) is 26.3. The monoisotopic (exact) mass is 330 g/mol. The topological polar surface area (TPSA) is 27.0 Å². The Morgan fingerprint density at radius 3 is 1.84 bits per heavy atom. The van der Waals surface area contributed by atoms with Crippen molar-refractivity contribution >= 4 is 0 Å². The van der Waals surface area contributed by atoms with Gasteiger partial charge >= 0.3 is 0 Å². The van der Waals surface area contributed by atoms with Crippen LogP contribution in [0, 0.1) is 17.2 Å². The van der Waals surface area contributed by atoms with E-state index in [4.69, 9.17) is 0 Å². The van der Waals surface area contributed by atoms with Crippen molar-refractivity contribution in [1.29, 1.82) is 5.26 Å². The lowest BCUT2D eigenvalue weighted by molar-refractivity contribution is 0.123. The highest BCUT2D eigenvalue weighted by atomic mass is 15.2. The van der Waals surface area contributed by atoms with Crippen molar-refractivity contribution in [2.75, 3.05) is 7.05 Å². The van der Waals surface area contributed by atoms with Gasteiger partial charge < -0.3 is 4.90 Å². The second-order valence-electron chi connectivity index (χ2n) is 7.84. The maximum atomic E-state index is 10.4. The molecule has 0 spiro atoms. The average Bonchev–Trinajstić information content (AvgIpc) is 2.88. The van der Waals surface area contributed by atoms with Crippen LogP contribution >= 0.6 is 0 Å². The van der Waals surface area contributed by atoms with E-state index >= 15 is 0 Å². The Morgan fingerprint density at radius 2 is 1.40 bits per heavy atom. The fourth-order valence-electron chi connectivity index (χ4n) is 5.15. The van der Waals surface area contributed by atoms with Crippen molar-refractivity contribution in [2.45, 2.75) is 49.6 Å². The van der Waals surface area contributed by atoms with Gasteiger partial charge in [-0.25, -0.2) is 0 Å². The molecule has 2 aromatic carbocycles. The lowest BCUT2D eigenvalue weighted by Gasteiger charge is -2.40. The van der Waals surface area contributed by atoms with Crippen molar-refractivity contribution in [3.63, 3.8) is 0 Å². The number of fused-ring (bicyclic) bond motifs is 2. The molecule has 0 saturated carbocycles. The van der Waals surface area contributed by atoms with Crippen molar-refractivity contribution in [1.82, 2.24) is 4.90 Å². The standard InChI is InChI=1S/C23H26N2/c1-25-21-12-13-22(25)15-18(14-21)16-23(17-24,19-8-4-2-5-9-19)20-10-6-3-7-11-20/h2-11,18,21-22H,12-16H2,1H3/t18?,21-,22+. The number of rotatable bonds is 4. The predicted octanol–water partition coefficient (Wildman–Crippen LogP) is 4.76. The zero-order valence-electron chi connectivity index (χ0n) is 14.9. The highest BCUT2D eigenvalue weighted by Gasteiger charge is 2.43. The summed E-state index contributed by atoms with van der Waals surface area (Å²) in [6.07, 6.45) is 6.05. The van der Waals surface area contributed by atoms with Gasteiger partial charge in [0.2, 0.25) is 0 Å². The number of hydrogen-bond acceptors (Lipinski definition) is 2. The lowest BCUT2D eigenvalue weighted by atomic mass is 9.68. The quantitative estimate of drug-likeness (QED) is 0.808. The third kappa shape index (κ3) is 2.87. The van der Waals surface area contributed by atoms with Crippen LogP contribution in [0.4, 0.5) is 0 Å². The molecule has 0 N–H and O–H groups in total. The first-order valence-electron chi connectivity index (χ1n) is 9.47. The van der Waals surface area contributed by atoms with Crippen molar-refractivity contribution in [3.8, 4) is 6.07 Å². The molecule has 0 amide bonds. The van der Waals surface area contributed by atoms with Gasteiger partial charge in [-0.05, 0) is 56.2 Å². The third-order valence-electron chi connectivity index (χ3n) is 6.51. The molecule has 3 atom stereocenters. The van der Waals surface area contributed by atoms with E-state index in [1.54, 1.807) is 0 Å². The Labute approximate surface area is 151 Å². The van der Waals surface area contributed by atoms with Crippen LogP contribution in [0.2, 0.25) is 0 Å². The molecule has 2 aliphatic heterocycles. The van der Waals surface area contributed by atoms with Crippen LogP contribution < -0.4 is 0 Å². The van der Waals surface area contributed by atoms with Gasteiger partial charge in [0.25, 0.3) is 0 Å². The molecule has 4 rings (SSSR count). The maximum Gasteiger partial charge on any atom is 0.107 e. The smallest absolute Gasteiger partial charge is 0.107 e. The van der Waals surface area contributed by atoms with E-state index in [0.29, 0.717) is 18.0 Å². The minimum atomic E-state index is -0.539. The van der Waals surface area contributed by atoms with Crippen molar-refractivity contribution in [2.24, 2.45) is 5.92 Å². The Balaban J connectivity index is 1.71. The predicted molar refractivity (Wildman–Crippen MR) is 101 cm³/mol. The highest BCUT2D eigenvalue weighted by Crippen LogP contribution is 2.45. The van der Waals surface area contributed by atoms with Gasteiger partial charge in [-0.2, -0.15) is 5.26 Å². The van der Waals surface area contributed by atoms with Crippen molar-refractivity contribution in [3.05, 3.63) is 71.8 Å². The highest BCUT2D eigenvalue weighted by molar-refractivity contribution is 5.46. The largest absolute Gasteiger partial charge is 0.300 e. The molecule has 0 aromatic heterocycles. The summed E-state index contributed by atoms with van der Waals surface area (Å²) in [7, 11) is 2.28. The van der Waals surface area contributed by atoms with E-state index in [9.17, 15) is 5.26 Å². The summed E-state index contributed by atoms with van der Waals surface area (Å²) in [4.78, 5) is 2.58. The lowest BCUT2D eigenvalue weighted by Crippen LogP contribution is -2.42. The summed E-state index contributed by atoms with van der Waals surface area (Å²) in [5, 5.41) is 10.4. The molecule has 2 heteroatoms. The first kappa shape index (κ1) is 16.4. The van der Waals surface area contributed by atoms with E-state index in [-0.39, 0.29) is 0 Å². The van der Waals surface area contributed by atoms with Gasteiger partial charge in [0.05, 0.1) is 6.07 Å². The first-order chi connectivity index (χ1) is 12.2. The van der Waals surface area contributed by atoms with Crippen LogP contribution in [-0.2, 0) is 5.41 Å². The molecule has 2 nitrogen and oxygen atoms in total. The molecule has 25 heavy (non-hydrogen) atoms. The van der Waals surface area contributed by atoms with Crippen molar-refractivity contribution < 1.29 is 0 Å². The summed E-state index contributed by atoms with van der Waals surface area (Å²) in [5.41, 5.74) is 1.73. The number of hydrogen-bond donors (Lipinski definition) is 0. The molecule has 2 heterocycles. The Morgan fingerprint density at radius 1 is 0.920 bits per heavy atom. The summed E-state index contributed by atoms with van der Waals surface area (Å²) >= 11 is 0. The Kier molecular flexibility index (Phi) is 4.36. The molecular weight excluding hydrogens is 304 g/mol. The first-order valence-corrected chi connectivity index (χ1v) is 9.47. The average molecular weight is 330 g/mol. The maximum absolute atomic E-state index is 10.4. The number of piperidine rings is 1. The van der Waals surface area contributed by atoms with Gasteiger partial charge in [0.15, 0.2) is 0 Å². The molecule has 0 aliphatic carbocycles. The fraction of sp³-hybridized carbons (Fsp3) is 0.435. The fourth-order valence-corrected chi connectivity index (χ4v) is 5.15. The third-order valence-corrected chi connectivity index (χ3v) is 6.51. The summed E-state index contributed by atoms with van der Waals surface area (Å²) < 4.78 is 0. The molecule has 2 fully saturated rings. The Hall–Kier alpha value is -2.11. The van der Waals surface area contributed by atoms with Crippen LogP contribution in [-0.4, -0.2) is 24.0 Å². The summed E-state index contributed by atoms with van der Waals surface area (Å²) in [6, 6.07) is 25.0. The van der Waals surface area contributed by atoms with Crippen LogP contribution in [0.25, 0.3) is 0 Å². The molecular formula is C23H26N2. The van der Waals surface area contributed by atoms with Gasteiger partial charge in [0, 0.05) is 12.1 Å². The van der Waals surface area contributed by atoms with Gasteiger partial charge in [-0.3, -0.25) is 0 Å². The minimum Gasteiger partial charge on any atom is -0.300 e. The van der Waals surface area contributed by atoms with Crippen LogP contribution in [0.1, 0.15) is 43.2 Å². The van der Waals surface area contributed by atoms with Gasteiger partial charge in [0.1, 0.15) is 5.41 Å². The second-order valence-corrected chi connectivity index (χ2v) is 7.84.